The van der Waals surface area contributed by atoms with Crippen LogP contribution < -0.4 is 10.6 Å². The van der Waals surface area contributed by atoms with Crippen LogP contribution in [0.25, 0.3) is 0 Å². The molecule has 0 atom stereocenters. The number of thiophene rings is 1. The van der Waals surface area contributed by atoms with E-state index in [4.69, 9.17) is 0 Å². The molecule has 0 aromatic carbocycles. The third kappa shape index (κ3) is 5.36. The van der Waals surface area contributed by atoms with Crippen LogP contribution in [0, 0.1) is 0 Å². The van der Waals surface area contributed by atoms with Crippen molar-refractivity contribution in [1.82, 2.24) is 10.6 Å². The Morgan fingerprint density at radius 2 is 2.11 bits per heavy atom. The number of nitrogens with one attached hydrogen (secondary N) is 2. The largest absolute Gasteiger partial charge is 0.356 e. The first-order valence-corrected chi connectivity index (χ1v) is 7.25. The van der Waals surface area contributed by atoms with Gasteiger partial charge in [0, 0.05) is 23.3 Å². The van der Waals surface area contributed by atoms with Crippen molar-refractivity contribution in [2.45, 2.75) is 33.2 Å². The van der Waals surface area contributed by atoms with Crippen molar-refractivity contribution in [3.8, 4) is 0 Å². The highest BCUT2D eigenvalue weighted by Gasteiger charge is 2.00. The lowest BCUT2D eigenvalue weighted by Gasteiger charge is -2.10. The molecule has 1 heterocycles. The van der Waals surface area contributed by atoms with Crippen molar-refractivity contribution in [2.75, 3.05) is 13.6 Å². The van der Waals surface area contributed by atoms with E-state index in [9.17, 15) is 0 Å². The Balaban J connectivity index is 2.31. The van der Waals surface area contributed by atoms with Gasteiger partial charge in [-0.3, -0.25) is 4.99 Å². The molecular formula is C14H23N3S. The summed E-state index contributed by atoms with van der Waals surface area (Å²) in [7, 11) is 1.80. The van der Waals surface area contributed by atoms with Gasteiger partial charge in [-0.25, -0.2) is 0 Å². The monoisotopic (exact) mass is 265 g/mol. The molecule has 0 aliphatic carbocycles. The molecule has 0 amide bonds. The van der Waals surface area contributed by atoms with Gasteiger partial charge < -0.3 is 10.6 Å². The van der Waals surface area contributed by atoms with Crippen LogP contribution >= 0.6 is 11.3 Å². The Morgan fingerprint density at radius 3 is 2.72 bits per heavy atom. The summed E-state index contributed by atoms with van der Waals surface area (Å²) in [4.78, 5) is 6.99. The first-order chi connectivity index (χ1) is 8.80. The number of aliphatic imine (C=N–C) groups is 1. The number of hydrogen-bond donors (Lipinski definition) is 2. The van der Waals surface area contributed by atoms with Crippen LogP contribution in [0.4, 0.5) is 0 Å². The molecule has 0 unspecified atom stereocenters. The van der Waals surface area contributed by atoms with E-state index in [0.717, 1.165) is 31.9 Å². The Bertz CT molecular complexity index is 393. The minimum Gasteiger partial charge on any atom is -0.356 e. The molecule has 1 aromatic heterocycles. The molecule has 0 bridgehead atoms. The molecule has 0 saturated heterocycles. The molecule has 1 rings (SSSR count). The molecule has 0 radical (unpaired) electrons. The van der Waals surface area contributed by atoms with E-state index in [1.54, 1.807) is 7.05 Å². The second-order valence-corrected chi connectivity index (χ2v) is 5.18. The van der Waals surface area contributed by atoms with Crippen molar-refractivity contribution in [1.29, 1.82) is 0 Å². The average molecular weight is 265 g/mol. The summed E-state index contributed by atoms with van der Waals surface area (Å²) in [5.74, 6) is 0.867. The zero-order valence-corrected chi connectivity index (χ0v) is 12.3. The van der Waals surface area contributed by atoms with Gasteiger partial charge in [0.05, 0.1) is 6.54 Å². The Kier molecular flexibility index (Phi) is 7.18. The molecule has 2 N–H and O–H groups in total. The normalized spacial score (nSPS) is 12.1. The highest BCUT2D eigenvalue weighted by Crippen LogP contribution is 2.16. The van der Waals surface area contributed by atoms with Crippen LogP contribution in [0.15, 0.2) is 29.3 Å². The molecule has 4 heteroatoms. The van der Waals surface area contributed by atoms with Gasteiger partial charge in [-0.15, -0.1) is 11.3 Å². The molecule has 0 saturated carbocycles. The minimum atomic E-state index is 0.841. The molecule has 1 aromatic rings. The molecule has 100 valence electrons. The molecule has 0 spiro atoms. The van der Waals surface area contributed by atoms with Crippen LogP contribution in [-0.2, 0) is 13.0 Å². The minimum absolute atomic E-state index is 0.841. The van der Waals surface area contributed by atoms with Crippen molar-refractivity contribution in [3.63, 3.8) is 0 Å². The third-order valence-corrected chi connectivity index (χ3v) is 3.79. The van der Waals surface area contributed by atoms with Crippen LogP contribution in [0.2, 0.25) is 0 Å². The summed E-state index contributed by atoms with van der Waals surface area (Å²) in [6.07, 6.45) is 6.35. The highest BCUT2D eigenvalue weighted by atomic mass is 32.1. The van der Waals surface area contributed by atoms with E-state index in [1.165, 1.54) is 9.75 Å². The first-order valence-electron chi connectivity index (χ1n) is 6.43. The number of aryl methyl sites for hydroxylation is 1. The van der Waals surface area contributed by atoms with Gasteiger partial charge in [-0.05, 0) is 31.9 Å². The standard InChI is InChI=1S/C14H23N3S/c1-4-6-7-10-16-14(15-3)17-11-13-9-8-12(5-2)18-13/h4,6,8-9H,5,7,10-11H2,1-3H3,(H2,15,16,17)/b6-4+. The van der Waals surface area contributed by atoms with Crippen LogP contribution in [0.1, 0.15) is 30.0 Å². The average Bonchev–Trinajstić information content (AvgIpc) is 2.86. The van der Waals surface area contributed by atoms with E-state index >= 15 is 0 Å². The second-order valence-electron chi connectivity index (χ2n) is 3.93. The Hall–Kier alpha value is -1.29. The number of nitrogens with zero attached hydrogens (tertiary/aromatic N) is 1. The van der Waals surface area contributed by atoms with Crippen molar-refractivity contribution in [3.05, 3.63) is 34.0 Å². The van der Waals surface area contributed by atoms with Gasteiger partial charge in [0.2, 0.25) is 0 Å². The molecule has 0 fully saturated rings. The molecule has 3 nitrogen and oxygen atoms in total. The smallest absolute Gasteiger partial charge is 0.191 e. The maximum atomic E-state index is 4.20. The van der Waals surface area contributed by atoms with Crippen molar-refractivity contribution >= 4 is 17.3 Å². The fourth-order valence-electron chi connectivity index (χ4n) is 1.54. The highest BCUT2D eigenvalue weighted by molar-refractivity contribution is 7.11. The molecule has 18 heavy (non-hydrogen) atoms. The van der Waals surface area contributed by atoms with E-state index in [-0.39, 0.29) is 0 Å². The lowest BCUT2D eigenvalue weighted by Crippen LogP contribution is -2.37. The lowest BCUT2D eigenvalue weighted by atomic mass is 10.3. The summed E-state index contributed by atoms with van der Waals surface area (Å²) in [5.41, 5.74) is 0. The zero-order chi connectivity index (χ0) is 13.2. The van der Waals surface area contributed by atoms with Gasteiger partial charge in [0.1, 0.15) is 0 Å². The maximum Gasteiger partial charge on any atom is 0.191 e. The van der Waals surface area contributed by atoms with Gasteiger partial charge >= 0.3 is 0 Å². The molecular weight excluding hydrogens is 242 g/mol. The number of guanidine groups is 1. The first kappa shape index (κ1) is 14.8. The summed E-state index contributed by atoms with van der Waals surface area (Å²) < 4.78 is 0. The summed E-state index contributed by atoms with van der Waals surface area (Å²) in [5, 5.41) is 6.61. The third-order valence-electron chi connectivity index (χ3n) is 2.56. The van der Waals surface area contributed by atoms with Gasteiger partial charge in [0.15, 0.2) is 5.96 Å². The quantitative estimate of drug-likeness (QED) is 0.359. The number of rotatable bonds is 6. The topological polar surface area (TPSA) is 36.4 Å². The van der Waals surface area contributed by atoms with Crippen molar-refractivity contribution in [2.24, 2.45) is 4.99 Å². The number of hydrogen-bond acceptors (Lipinski definition) is 2. The number of allylic oxidation sites excluding steroid dienone is 1. The van der Waals surface area contributed by atoms with E-state index in [2.05, 4.69) is 46.8 Å². The van der Waals surface area contributed by atoms with Crippen LogP contribution in [0.5, 0.6) is 0 Å². The Labute approximate surface area is 114 Å². The molecule has 0 aliphatic heterocycles. The van der Waals surface area contributed by atoms with Crippen LogP contribution in [0.3, 0.4) is 0 Å². The predicted molar refractivity (Wildman–Crippen MR) is 81.3 cm³/mol. The SMILES string of the molecule is C/C=C/CCNC(=NC)NCc1ccc(CC)s1. The second kappa shape index (κ2) is 8.75. The summed E-state index contributed by atoms with van der Waals surface area (Å²) in [6, 6.07) is 4.38. The van der Waals surface area contributed by atoms with Gasteiger partial charge in [0.25, 0.3) is 0 Å². The molecule has 0 aliphatic rings. The Morgan fingerprint density at radius 1 is 1.33 bits per heavy atom. The fraction of sp³-hybridized carbons (Fsp3) is 0.500. The van der Waals surface area contributed by atoms with E-state index in [0.29, 0.717) is 0 Å². The van der Waals surface area contributed by atoms with Crippen LogP contribution in [-0.4, -0.2) is 19.6 Å². The summed E-state index contributed by atoms with van der Waals surface area (Å²) in [6.45, 7) is 5.97. The fourth-order valence-corrected chi connectivity index (χ4v) is 2.44. The van der Waals surface area contributed by atoms with E-state index in [1.807, 2.05) is 18.3 Å². The van der Waals surface area contributed by atoms with Gasteiger partial charge in [-0.2, -0.15) is 0 Å². The zero-order valence-electron chi connectivity index (χ0n) is 11.5. The summed E-state index contributed by atoms with van der Waals surface area (Å²) >= 11 is 1.86. The lowest BCUT2D eigenvalue weighted by molar-refractivity contribution is 0.809. The predicted octanol–water partition coefficient (Wildman–Crippen LogP) is 2.94. The van der Waals surface area contributed by atoms with Crippen molar-refractivity contribution < 1.29 is 0 Å². The maximum absolute atomic E-state index is 4.20. The van der Waals surface area contributed by atoms with Gasteiger partial charge in [-0.1, -0.05) is 19.1 Å². The van der Waals surface area contributed by atoms with E-state index < -0.39 is 0 Å².